The molecule has 0 atom stereocenters. The van der Waals surface area contributed by atoms with E-state index in [1.165, 1.54) is 22.2 Å². The van der Waals surface area contributed by atoms with Crippen molar-refractivity contribution < 1.29 is 4.79 Å². The number of nitrogens with zero attached hydrogens (tertiary/aromatic N) is 1. The Hall–Kier alpha value is -2.13. The zero-order valence-electron chi connectivity index (χ0n) is 10.5. The third-order valence-corrected chi connectivity index (χ3v) is 3.99. The number of hydrogen-bond acceptors (Lipinski definition) is 2. The maximum Gasteiger partial charge on any atom is 0.195 e. The van der Waals surface area contributed by atoms with Crippen molar-refractivity contribution >= 4 is 34.1 Å². The molecule has 0 unspecified atom stereocenters. The van der Waals surface area contributed by atoms with Gasteiger partial charge in [0.1, 0.15) is 0 Å². The number of aromatic nitrogens is 1. The number of aryl methyl sites for hydroxylation is 1. The Morgan fingerprint density at radius 2 is 2.05 bits per heavy atom. The maximum absolute atomic E-state index is 11.9. The first kappa shape index (κ1) is 11.9. The number of rotatable bonds is 3. The van der Waals surface area contributed by atoms with Crippen LogP contribution in [0.5, 0.6) is 0 Å². The number of ketones is 1. The molecule has 0 saturated carbocycles. The molecule has 0 aliphatic carbocycles. The first-order valence-electron chi connectivity index (χ1n) is 6.06. The van der Waals surface area contributed by atoms with Crippen LogP contribution in [0.3, 0.4) is 0 Å². The van der Waals surface area contributed by atoms with Crippen molar-refractivity contribution in [2.45, 2.75) is 0 Å². The Bertz CT molecular complexity index is 750. The second-order valence-electron chi connectivity index (χ2n) is 4.39. The van der Waals surface area contributed by atoms with E-state index in [-0.39, 0.29) is 5.78 Å². The molecule has 94 valence electrons. The Morgan fingerprint density at radius 3 is 2.84 bits per heavy atom. The average Bonchev–Trinajstić information content (AvgIpc) is 3.06. The van der Waals surface area contributed by atoms with Crippen LogP contribution in [0.1, 0.15) is 15.2 Å². The number of fused-ring (bicyclic) bond motifs is 1. The zero-order valence-corrected chi connectivity index (χ0v) is 11.4. The Labute approximate surface area is 115 Å². The summed E-state index contributed by atoms with van der Waals surface area (Å²) >= 11 is 1.47. The number of para-hydroxylation sites is 1. The lowest BCUT2D eigenvalue weighted by Crippen LogP contribution is -1.88. The zero-order chi connectivity index (χ0) is 13.2. The van der Waals surface area contributed by atoms with Crippen LogP contribution in [-0.2, 0) is 7.05 Å². The highest BCUT2D eigenvalue weighted by Crippen LogP contribution is 2.21. The minimum Gasteiger partial charge on any atom is -0.350 e. The molecular formula is C16H13NOS. The number of hydrogen-bond donors (Lipinski definition) is 0. The molecule has 0 spiro atoms. The molecule has 2 aromatic heterocycles. The fourth-order valence-electron chi connectivity index (χ4n) is 2.17. The largest absolute Gasteiger partial charge is 0.350 e. The molecule has 1 aromatic carbocycles. The van der Waals surface area contributed by atoms with E-state index in [1.54, 1.807) is 6.08 Å². The van der Waals surface area contributed by atoms with Crippen LogP contribution in [0.2, 0.25) is 0 Å². The summed E-state index contributed by atoms with van der Waals surface area (Å²) in [5.74, 6) is 0.0583. The van der Waals surface area contributed by atoms with E-state index in [1.807, 2.05) is 49.0 Å². The van der Waals surface area contributed by atoms with Gasteiger partial charge in [0.15, 0.2) is 5.78 Å². The highest BCUT2D eigenvalue weighted by molar-refractivity contribution is 7.12. The predicted octanol–water partition coefficient (Wildman–Crippen LogP) is 4.14. The summed E-state index contributed by atoms with van der Waals surface area (Å²) in [5.41, 5.74) is 2.24. The molecule has 3 aromatic rings. The van der Waals surface area contributed by atoms with Crippen LogP contribution in [-0.4, -0.2) is 10.4 Å². The number of benzene rings is 1. The summed E-state index contributed by atoms with van der Waals surface area (Å²) < 4.78 is 2.07. The minimum atomic E-state index is 0.0583. The molecule has 19 heavy (non-hydrogen) atoms. The van der Waals surface area contributed by atoms with Crippen LogP contribution in [0.15, 0.2) is 54.1 Å². The smallest absolute Gasteiger partial charge is 0.195 e. The van der Waals surface area contributed by atoms with E-state index in [0.29, 0.717) is 0 Å². The van der Waals surface area contributed by atoms with Gasteiger partial charge in [-0.2, -0.15) is 0 Å². The van der Waals surface area contributed by atoms with E-state index >= 15 is 0 Å². The molecule has 0 amide bonds. The van der Waals surface area contributed by atoms with E-state index in [0.717, 1.165) is 10.4 Å². The average molecular weight is 267 g/mol. The monoisotopic (exact) mass is 267 g/mol. The lowest BCUT2D eigenvalue weighted by atomic mass is 10.1. The van der Waals surface area contributed by atoms with Gasteiger partial charge in [0, 0.05) is 29.7 Å². The van der Waals surface area contributed by atoms with E-state index in [2.05, 4.69) is 16.7 Å². The highest BCUT2D eigenvalue weighted by atomic mass is 32.1. The van der Waals surface area contributed by atoms with Crippen molar-refractivity contribution in [3.63, 3.8) is 0 Å². The van der Waals surface area contributed by atoms with Crippen molar-refractivity contribution in [3.05, 3.63) is 64.5 Å². The van der Waals surface area contributed by atoms with Crippen molar-refractivity contribution in [3.8, 4) is 0 Å². The van der Waals surface area contributed by atoms with Crippen molar-refractivity contribution in [1.82, 2.24) is 4.57 Å². The van der Waals surface area contributed by atoms with Crippen LogP contribution in [0.25, 0.3) is 17.0 Å². The highest BCUT2D eigenvalue weighted by Gasteiger charge is 2.05. The molecule has 0 aliphatic rings. The van der Waals surface area contributed by atoms with Crippen molar-refractivity contribution in [2.75, 3.05) is 0 Å². The third-order valence-electron chi connectivity index (χ3n) is 3.11. The van der Waals surface area contributed by atoms with Gasteiger partial charge >= 0.3 is 0 Å². The molecule has 0 aliphatic heterocycles. The van der Waals surface area contributed by atoms with Crippen LogP contribution in [0.4, 0.5) is 0 Å². The van der Waals surface area contributed by atoms with Crippen molar-refractivity contribution in [2.24, 2.45) is 7.05 Å². The van der Waals surface area contributed by atoms with Gasteiger partial charge in [-0.05, 0) is 29.7 Å². The van der Waals surface area contributed by atoms with Gasteiger partial charge in [0.05, 0.1) is 4.88 Å². The Balaban J connectivity index is 1.96. The molecule has 0 N–H and O–H groups in total. The fourth-order valence-corrected chi connectivity index (χ4v) is 2.82. The van der Waals surface area contributed by atoms with Gasteiger partial charge in [0.25, 0.3) is 0 Å². The van der Waals surface area contributed by atoms with E-state index in [9.17, 15) is 4.79 Å². The molecular weight excluding hydrogens is 254 g/mol. The molecule has 3 heteroatoms. The first-order valence-corrected chi connectivity index (χ1v) is 6.93. The number of carbonyl (C=O) groups excluding carboxylic acids is 1. The number of carbonyl (C=O) groups is 1. The summed E-state index contributed by atoms with van der Waals surface area (Å²) in [6.45, 7) is 0. The molecule has 2 nitrogen and oxygen atoms in total. The Kier molecular flexibility index (Phi) is 3.05. The topological polar surface area (TPSA) is 22.0 Å². The van der Waals surface area contributed by atoms with Gasteiger partial charge in [-0.25, -0.2) is 0 Å². The summed E-state index contributed by atoms with van der Waals surface area (Å²) in [4.78, 5) is 12.7. The number of thiophene rings is 1. The second-order valence-corrected chi connectivity index (χ2v) is 5.34. The van der Waals surface area contributed by atoms with Gasteiger partial charge in [-0.15, -0.1) is 11.3 Å². The summed E-state index contributed by atoms with van der Waals surface area (Å²) in [6.07, 6.45) is 5.58. The van der Waals surface area contributed by atoms with Gasteiger partial charge in [-0.3, -0.25) is 4.79 Å². The quantitative estimate of drug-likeness (QED) is 0.516. The summed E-state index contributed by atoms with van der Waals surface area (Å²) in [7, 11) is 2.01. The second kappa shape index (κ2) is 4.86. The van der Waals surface area contributed by atoms with E-state index < -0.39 is 0 Å². The molecule has 0 radical (unpaired) electrons. The summed E-state index contributed by atoms with van der Waals surface area (Å²) in [6, 6.07) is 11.9. The normalized spacial score (nSPS) is 11.4. The van der Waals surface area contributed by atoms with Crippen LogP contribution >= 0.6 is 11.3 Å². The van der Waals surface area contributed by atoms with Gasteiger partial charge in [-0.1, -0.05) is 24.3 Å². The van der Waals surface area contributed by atoms with Crippen LogP contribution in [0, 0.1) is 0 Å². The SMILES string of the molecule is Cn1cc(/C=C/C(=O)c2cccs2)c2ccccc21. The molecule has 0 saturated heterocycles. The van der Waals surface area contributed by atoms with E-state index in [4.69, 9.17) is 0 Å². The maximum atomic E-state index is 11.9. The lowest BCUT2D eigenvalue weighted by Gasteiger charge is -1.93. The first-order chi connectivity index (χ1) is 9.25. The van der Waals surface area contributed by atoms with Gasteiger partial charge in [0.2, 0.25) is 0 Å². The lowest BCUT2D eigenvalue weighted by molar-refractivity contribution is 0.105. The van der Waals surface area contributed by atoms with Gasteiger partial charge < -0.3 is 4.57 Å². The molecule has 0 fully saturated rings. The molecule has 2 heterocycles. The third kappa shape index (κ3) is 2.25. The molecule has 3 rings (SSSR count). The molecule has 0 bridgehead atoms. The number of allylic oxidation sites excluding steroid dienone is 1. The minimum absolute atomic E-state index is 0.0583. The predicted molar refractivity (Wildman–Crippen MR) is 80.6 cm³/mol. The Morgan fingerprint density at radius 1 is 1.21 bits per heavy atom. The summed E-state index contributed by atoms with van der Waals surface area (Å²) in [5, 5.41) is 3.08. The standard InChI is InChI=1S/C16H13NOS/c1-17-11-12(13-5-2-3-6-14(13)17)8-9-15(18)16-7-4-10-19-16/h2-11H,1H3/b9-8+. The fraction of sp³-hybridized carbons (Fsp3) is 0.0625. The van der Waals surface area contributed by atoms with Crippen molar-refractivity contribution in [1.29, 1.82) is 0 Å². The van der Waals surface area contributed by atoms with Crippen LogP contribution < -0.4 is 0 Å².